The van der Waals surface area contributed by atoms with E-state index in [-0.39, 0.29) is 24.4 Å². The fraction of sp³-hybridized carbons (Fsp3) is 0.467. The van der Waals surface area contributed by atoms with Crippen molar-refractivity contribution in [2.45, 2.75) is 26.3 Å². The van der Waals surface area contributed by atoms with Gasteiger partial charge < -0.3 is 16.4 Å². The molecule has 1 aromatic carbocycles. The molecule has 0 aliphatic heterocycles. The Kier molecular flexibility index (Phi) is 6.68. The predicted molar refractivity (Wildman–Crippen MR) is 84.9 cm³/mol. The third-order valence-corrected chi connectivity index (χ3v) is 2.82. The number of nitrogen functional groups attached to an aromatic ring is 1. The highest BCUT2D eigenvalue weighted by Gasteiger charge is 2.10. The fourth-order valence-corrected chi connectivity index (χ4v) is 1.81. The highest BCUT2D eigenvalue weighted by atomic mass is 16.2. The molecule has 1 aromatic rings. The molecule has 0 aliphatic rings. The predicted octanol–water partition coefficient (Wildman–Crippen LogP) is 1.05. The van der Waals surface area contributed by atoms with Crippen LogP contribution in [0.3, 0.4) is 0 Å². The maximum Gasteiger partial charge on any atom is 0.234 e. The van der Waals surface area contributed by atoms with E-state index in [2.05, 4.69) is 10.6 Å². The van der Waals surface area contributed by atoms with Crippen LogP contribution >= 0.6 is 0 Å². The Morgan fingerprint density at radius 3 is 2.52 bits per heavy atom. The number of likely N-dealkylation sites (N-methyl/N-ethyl adjacent to an activating group) is 1. The second-order valence-corrected chi connectivity index (χ2v) is 5.35. The van der Waals surface area contributed by atoms with Gasteiger partial charge in [-0.25, -0.2) is 0 Å². The standard InChI is InChI=1S/C15H24N4O2/c1-11(2)17-15(21)10-19(3)9-8-14(20)18-13-7-5-4-6-12(13)16/h4-7,11H,8-10,16H2,1-3H3,(H,17,21)(H,18,20). The van der Waals surface area contributed by atoms with E-state index < -0.39 is 0 Å². The van der Waals surface area contributed by atoms with Gasteiger partial charge in [0.05, 0.1) is 17.9 Å². The Morgan fingerprint density at radius 2 is 1.90 bits per heavy atom. The van der Waals surface area contributed by atoms with E-state index in [9.17, 15) is 9.59 Å². The van der Waals surface area contributed by atoms with Crippen molar-refractivity contribution in [3.05, 3.63) is 24.3 Å². The van der Waals surface area contributed by atoms with Crippen LogP contribution in [0.1, 0.15) is 20.3 Å². The van der Waals surface area contributed by atoms with Crippen LogP contribution in [0.2, 0.25) is 0 Å². The summed E-state index contributed by atoms with van der Waals surface area (Å²) in [7, 11) is 1.81. The first-order valence-electron chi connectivity index (χ1n) is 7.00. The third-order valence-electron chi connectivity index (χ3n) is 2.82. The fourth-order valence-electron chi connectivity index (χ4n) is 1.81. The summed E-state index contributed by atoms with van der Waals surface area (Å²) in [4.78, 5) is 25.2. The lowest BCUT2D eigenvalue weighted by Crippen LogP contribution is -2.39. The molecule has 0 radical (unpaired) electrons. The van der Waals surface area contributed by atoms with Crippen molar-refractivity contribution in [1.82, 2.24) is 10.2 Å². The van der Waals surface area contributed by atoms with Gasteiger partial charge in [-0.2, -0.15) is 0 Å². The van der Waals surface area contributed by atoms with Crippen LogP contribution < -0.4 is 16.4 Å². The molecular formula is C15H24N4O2. The van der Waals surface area contributed by atoms with Gasteiger partial charge in [0.25, 0.3) is 0 Å². The Morgan fingerprint density at radius 1 is 1.24 bits per heavy atom. The number of hydrogen-bond donors (Lipinski definition) is 3. The van der Waals surface area contributed by atoms with Crippen molar-refractivity contribution in [3.8, 4) is 0 Å². The molecule has 4 N–H and O–H groups in total. The lowest BCUT2D eigenvalue weighted by molar-refractivity contribution is -0.123. The highest BCUT2D eigenvalue weighted by Crippen LogP contribution is 2.16. The average molecular weight is 292 g/mol. The molecule has 0 heterocycles. The van der Waals surface area contributed by atoms with Crippen LogP contribution in [0.5, 0.6) is 0 Å². The number of amides is 2. The lowest BCUT2D eigenvalue weighted by atomic mass is 10.2. The van der Waals surface area contributed by atoms with Crippen molar-refractivity contribution >= 4 is 23.2 Å². The summed E-state index contributed by atoms with van der Waals surface area (Å²) in [5.41, 5.74) is 6.91. The molecule has 0 bridgehead atoms. The van der Waals surface area contributed by atoms with Crippen LogP contribution in [0.15, 0.2) is 24.3 Å². The number of para-hydroxylation sites is 2. The van der Waals surface area contributed by atoms with E-state index in [0.717, 1.165) is 0 Å². The van der Waals surface area contributed by atoms with Crippen LogP contribution in [0, 0.1) is 0 Å². The van der Waals surface area contributed by atoms with E-state index in [1.807, 2.05) is 37.9 Å². The van der Waals surface area contributed by atoms with Crippen molar-refractivity contribution in [3.63, 3.8) is 0 Å². The zero-order valence-corrected chi connectivity index (χ0v) is 12.8. The zero-order chi connectivity index (χ0) is 15.8. The van der Waals surface area contributed by atoms with Crippen molar-refractivity contribution < 1.29 is 9.59 Å². The van der Waals surface area contributed by atoms with E-state index in [0.29, 0.717) is 24.3 Å². The van der Waals surface area contributed by atoms with Gasteiger partial charge in [0.1, 0.15) is 0 Å². The molecular weight excluding hydrogens is 268 g/mol. The second-order valence-electron chi connectivity index (χ2n) is 5.35. The number of nitrogens with one attached hydrogen (secondary N) is 2. The van der Waals surface area contributed by atoms with Gasteiger partial charge in [-0.05, 0) is 33.0 Å². The summed E-state index contributed by atoms with van der Waals surface area (Å²) in [6, 6.07) is 7.24. The number of hydrogen-bond acceptors (Lipinski definition) is 4. The molecule has 6 nitrogen and oxygen atoms in total. The van der Waals surface area contributed by atoms with Crippen molar-refractivity contribution in [2.24, 2.45) is 0 Å². The van der Waals surface area contributed by atoms with Gasteiger partial charge in [-0.3, -0.25) is 14.5 Å². The number of carbonyl (C=O) groups is 2. The number of anilines is 2. The first-order chi connectivity index (χ1) is 9.88. The minimum absolute atomic E-state index is 0.0415. The van der Waals surface area contributed by atoms with Gasteiger partial charge in [0.15, 0.2) is 0 Å². The van der Waals surface area contributed by atoms with E-state index >= 15 is 0 Å². The van der Waals surface area contributed by atoms with Crippen LogP contribution in [0.25, 0.3) is 0 Å². The van der Waals surface area contributed by atoms with Crippen molar-refractivity contribution in [1.29, 1.82) is 0 Å². The number of nitrogens with two attached hydrogens (primary N) is 1. The van der Waals surface area contributed by atoms with Gasteiger partial charge in [0.2, 0.25) is 11.8 Å². The molecule has 21 heavy (non-hydrogen) atoms. The number of benzene rings is 1. The third kappa shape index (κ3) is 6.76. The summed E-state index contributed by atoms with van der Waals surface area (Å²) >= 11 is 0. The molecule has 0 fully saturated rings. The van der Waals surface area contributed by atoms with Crippen molar-refractivity contribution in [2.75, 3.05) is 31.2 Å². The first kappa shape index (κ1) is 17.0. The van der Waals surface area contributed by atoms with Crippen LogP contribution in [-0.4, -0.2) is 42.9 Å². The normalized spacial score (nSPS) is 10.7. The van der Waals surface area contributed by atoms with Gasteiger partial charge in [-0.1, -0.05) is 12.1 Å². The SMILES string of the molecule is CC(C)NC(=O)CN(C)CCC(=O)Nc1ccccc1N. The molecule has 6 heteroatoms. The minimum Gasteiger partial charge on any atom is -0.397 e. The molecule has 0 saturated carbocycles. The quantitative estimate of drug-likeness (QED) is 0.656. The number of rotatable bonds is 7. The van der Waals surface area contributed by atoms with Crippen LogP contribution in [0.4, 0.5) is 11.4 Å². The maximum atomic E-state index is 11.8. The molecule has 0 spiro atoms. The monoisotopic (exact) mass is 292 g/mol. The first-order valence-corrected chi connectivity index (χ1v) is 7.00. The molecule has 0 aromatic heterocycles. The minimum atomic E-state index is -0.121. The van der Waals surface area contributed by atoms with E-state index in [4.69, 9.17) is 5.73 Å². The second kappa shape index (κ2) is 8.26. The molecule has 0 aliphatic carbocycles. The summed E-state index contributed by atoms with van der Waals surface area (Å²) in [5.74, 6) is -0.163. The molecule has 2 amide bonds. The summed E-state index contributed by atoms with van der Waals surface area (Å²) in [6.45, 7) is 4.61. The maximum absolute atomic E-state index is 11.8. The summed E-state index contributed by atoms with van der Waals surface area (Å²) < 4.78 is 0. The Balaban J connectivity index is 2.33. The molecule has 0 unspecified atom stereocenters. The Labute approximate surface area is 125 Å². The molecule has 0 saturated heterocycles. The summed E-state index contributed by atoms with van der Waals surface area (Å²) in [5, 5.41) is 5.57. The Hall–Kier alpha value is -2.08. The van der Waals surface area contributed by atoms with Crippen LogP contribution in [-0.2, 0) is 9.59 Å². The van der Waals surface area contributed by atoms with E-state index in [1.54, 1.807) is 12.1 Å². The number of nitrogens with zero attached hydrogens (tertiary/aromatic N) is 1. The highest BCUT2D eigenvalue weighted by molar-refractivity contribution is 5.93. The topological polar surface area (TPSA) is 87.5 Å². The number of carbonyl (C=O) groups excluding carboxylic acids is 2. The van der Waals surface area contributed by atoms with Gasteiger partial charge >= 0.3 is 0 Å². The summed E-state index contributed by atoms with van der Waals surface area (Å²) in [6.07, 6.45) is 0.305. The smallest absolute Gasteiger partial charge is 0.234 e. The van der Waals surface area contributed by atoms with E-state index in [1.165, 1.54) is 0 Å². The average Bonchev–Trinajstić information content (AvgIpc) is 2.38. The molecule has 116 valence electrons. The lowest BCUT2D eigenvalue weighted by Gasteiger charge is -2.17. The Bertz CT molecular complexity index is 488. The van der Waals surface area contributed by atoms with Gasteiger partial charge in [0, 0.05) is 19.0 Å². The molecule has 1 rings (SSSR count). The largest absolute Gasteiger partial charge is 0.397 e. The van der Waals surface area contributed by atoms with Gasteiger partial charge in [-0.15, -0.1) is 0 Å². The molecule has 0 atom stereocenters. The zero-order valence-electron chi connectivity index (χ0n) is 12.8.